The second-order valence-corrected chi connectivity index (χ2v) is 5.17. The van der Waals surface area contributed by atoms with Crippen molar-refractivity contribution in [3.8, 4) is 0 Å². The number of aromatic nitrogens is 2. The van der Waals surface area contributed by atoms with E-state index in [4.69, 9.17) is 0 Å². The highest BCUT2D eigenvalue weighted by Gasteiger charge is 2.11. The first-order chi connectivity index (χ1) is 9.78. The van der Waals surface area contributed by atoms with Crippen molar-refractivity contribution in [2.45, 2.75) is 38.6 Å². The van der Waals surface area contributed by atoms with Crippen LogP contribution in [0.2, 0.25) is 0 Å². The summed E-state index contributed by atoms with van der Waals surface area (Å²) < 4.78 is 1.84. The predicted octanol–water partition coefficient (Wildman–Crippen LogP) is 1.63. The Labute approximate surface area is 121 Å². The molecule has 5 heteroatoms. The lowest BCUT2D eigenvalue weighted by atomic mass is 10.2. The molecule has 110 valence electrons. The Balaban J connectivity index is 1.73. The van der Waals surface area contributed by atoms with Crippen LogP contribution in [0, 0.1) is 0 Å². The van der Waals surface area contributed by atoms with Crippen molar-refractivity contribution in [2.75, 3.05) is 13.1 Å². The summed E-state index contributed by atoms with van der Waals surface area (Å²) in [6.45, 7) is 3.83. The number of guanidine groups is 1. The van der Waals surface area contributed by atoms with Crippen molar-refractivity contribution in [3.63, 3.8) is 0 Å². The first-order valence-corrected chi connectivity index (χ1v) is 7.45. The molecule has 1 aromatic rings. The molecule has 0 spiro atoms. The molecule has 1 aromatic heterocycles. The van der Waals surface area contributed by atoms with Gasteiger partial charge in [-0.15, -0.1) is 0 Å². The predicted molar refractivity (Wildman–Crippen MR) is 82.8 cm³/mol. The Hall–Kier alpha value is -1.78. The SMILES string of the molecule is CCNC(=NCCCc1cnn(C)c1)NC1CC=CC1. The Morgan fingerprint density at radius 2 is 2.25 bits per heavy atom. The molecule has 0 saturated heterocycles. The van der Waals surface area contributed by atoms with Gasteiger partial charge in [0, 0.05) is 32.4 Å². The third-order valence-electron chi connectivity index (χ3n) is 3.34. The Kier molecular flexibility index (Phi) is 5.65. The second-order valence-electron chi connectivity index (χ2n) is 5.17. The number of hydrogen-bond donors (Lipinski definition) is 2. The molecule has 1 aliphatic rings. The molecule has 5 nitrogen and oxygen atoms in total. The summed E-state index contributed by atoms with van der Waals surface area (Å²) in [6.07, 6.45) is 12.7. The van der Waals surface area contributed by atoms with E-state index in [-0.39, 0.29) is 0 Å². The van der Waals surface area contributed by atoms with E-state index < -0.39 is 0 Å². The molecule has 0 aromatic carbocycles. The monoisotopic (exact) mass is 275 g/mol. The van der Waals surface area contributed by atoms with E-state index in [2.05, 4.69) is 46.0 Å². The average Bonchev–Trinajstić information content (AvgIpc) is 3.06. The number of nitrogens with one attached hydrogen (secondary N) is 2. The van der Waals surface area contributed by atoms with Crippen LogP contribution in [-0.4, -0.2) is 34.9 Å². The number of nitrogens with zero attached hydrogens (tertiary/aromatic N) is 3. The fourth-order valence-electron chi connectivity index (χ4n) is 2.32. The summed E-state index contributed by atoms with van der Waals surface area (Å²) >= 11 is 0. The summed E-state index contributed by atoms with van der Waals surface area (Å²) in [6, 6.07) is 0.506. The van der Waals surface area contributed by atoms with Crippen LogP contribution in [0.5, 0.6) is 0 Å². The van der Waals surface area contributed by atoms with Gasteiger partial charge in [-0.05, 0) is 38.2 Å². The molecule has 0 fully saturated rings. The van der Waals surface area contributed by atoms with Gasteiger partial charge in [0.05, 0.1) is 6.20 Å². The van der Waals surface area contributed by atoms with E-state index in [1.54, 1.807) is 0 Å². The standard InChI is InChI=1S/C15H25N5/c1-3-16-15(19-14-8-4-5-9-14)17-10-6-7-13-11-18-20(2)12-13/h4-5,11-12,14H,3,6-10H2,1-2H3,(H2,16,17,19). The van der Waals surface area contributed by atoms with Gasteiger partial charge in [-0.2, -0.15) is 5.10 Å². The fraction of sp³-hybridized carbons (Fsp3) is 0.600. The lowest BCUT2D eigenvalue weighted by Crippen LogP contribution is -2.42. The molecule has 0 radical (unpaired) electrons. The zero-order chi connectivity index (χ0) is 14.2. The summed E-state index contributed by atoms with van der Waals surface area (Å²) in [5.41, 5.74) is 1.28. The van der Waals surface area contributed by atoms with Crippen LogP contribution in [0.15, 0.2) is 29.5 Å². The molecule has 0 amide bonds. The van der Waals surface area contributed by atoms with Gasteiger partial charge >= 0.3 is 0 Å². The maximum absolute atomic E-state index is 4.64. The molecule has 1 aliphatic carbocycles. The van der Waals surface area contributed by atoms with Gasteiger partial charge < -0.3 is 10.6 Å². The van der Waals surface area contributed by atoms with Crippen LogP contribution >= 0.6 is 0 Å². The number of rotatable bonds is 6. The van der Waals surface area contributed by atoms with Crippen LogP contribution in [0.25, 0.3) is 0 Å². The van der Waals surface area contributed by atoms with Gasteiger partial charge in [0.15, 0.2) is 5.96 Å². The van der Waals surface area contributed by atoms with Crippen molar-refractivity contribution in [2.24, 2.45) is 12.0 Å². The molecule has 0 aliphatic heterocycles. The zero-order valence-electron chi connectivity index (χ0n) is 12.5. The van der Waals surface area contributed by atoms with Gasteiger partial charge in [0.1, 0.15) is 0 Å². The zero-order valence-corrected chi connectivity index (χ0v) is 12.5. The summed E-state index contributed by atoms with van der Waals surface area (Å²) in [5.74, 6) is 0.937. The van der Waals surface area contributed by atoms with Crippen molar-refractivity contribution < 1.29 is 0 Å². The molecule has 0 atom stereocenters. The first-order valence-electron chi connectivity index (χ1n) is 7.45. The largest absolute Gasteiger partial charge is 0.357 e. The van der Waals surface area contributed by atoms with E-state index in [0.29, 0.717) is 6.04 Å². The normalized spacial score (nSPS) is 15.8. The van der Waals surface area contributed by atoms with Crippen LogP contribution in [0.1, 0.15) is 31.7 Å². The third kappa shape index (κ3) is 4.72. The Morgan fingerprint density at radius 3 is 2.90 bits per heavy atom. The molecule has 0 unspecified atom stereocenters. The highest BCUT2D eigenvalue weighted by molar-refractivity contribution is 5.80. The molecule has 2 rings (SSSR count). The van der Waals surface area contributed by atoms with Crippen molar-refractivity contribution >= 4 is 5.96 Å². The van der Waals surface area contributed by atoms with Gasteiger partial charge in [0.2, 0.25) is 0 Å². The van der Waals surface area contributed by atoms with Crippen molar-refractivity contribution in [1.82, 2.24) is 20.4 Å². The second kappa shape index (κ2) is 7.72. The van der Waals surface area contributed by atoms with E-state index in [1.165, 1.54) is 5.56 Å². The highest BCUT2D eigenvalue weighted by Crippen LogP contribution is 2.08. The van der Waals surface area contributed by atoms with E-state index >= 15 is 0 Å². The molecule has 1 heterocycles. The fourth-order valence-corrected chi connectivity index (χ4v) is 2.32. The molecule has 2 N–H and O–H groups in total. The van der Waals surface area contributed by atoms with Crippen molar-refractivity contribution in [1.29, 1.82) is 0 Å². The molecular formula is C15H25N5. The quantitative estimate of drug-likeness (QED) is 0.359. The van der Waals surface area contributed by atoms with Gasteiger partial charge in [0.25, 0.3) is 0 Å². The minimum Gasteiger partial charge on any atom is -0.357 e. The first kappa shape index (κ1) is 14.6. The van der Waals surface area contributed by atoms with E-state index in [9.17, 15) is 0 Å². The number of aryl methyl sites for hydroxylation is 2. The minimum absolute atomic E-state index is 0.506. The molecule has 0 bridgehead atoms. The maximum atomic E-state index is 4.64. The lowest BCUT2D eigenvalue weighted by Gasteiger charge is -2.16. The van der Waals surface area contributed by atoms with Crippen LogP contribution in [0.4, 0.5) is 0 Å². The molecular weight excluding hydrogens is 250 g/mol. The van der Waals surface area contributed by atoms with Gasteiger partial charge in [-0.1, -0.05) is 12.2 Å². The molecule has 20 heavy (non-hydrogen) atoms. The topological polar surface area (TPSA) is 54.2 Å². The Morgan fingerprint density at radius 1 is 1.45 bits per heavy atom. The van der Waals surface area contributed by atoms with Gasteiger partial charge in [-0.25, -0.2) is 0 Å². The summed E-state index contributed by atoms with van der Waals surface area (Å²) in [4.78, 5) is 4.64. The summed E-state index contributed by atoms with van der Waals surface area (Å²) in [5, 5.41) is 11.0. The smallest absolute Gasteiger partial charge is 0.191 e. The average molecular weight is 275 g/mol. The third-order valence-corrected chi connectivity index (χ3v) is 3.34. The van der Waals surface area contributed by atoms with E-state index in [0.717, 1.165) is 44.7 Å². The number of aliphatic imine (C=N–C) groups is 1. The molecule has 0 saturated carbocycles. The Bertz CT molecular complexity index is 453. The van der Waals surface area contributed by atoms with Gasteiger partial charge in [-0.3, -0.25) is 9.67 Å². The maximum Gasteiger partial charge on any atom is 0.191 e. The lowest BCUT2D eigenvalue weighted by molar-refractivity contribution is 0.632. The highest BCUT2D eigenvalue weighted by atomic mass is 15.2. The van der Waals surface area contributed by atoms with E-state index in [1.807, 2.05) is 17.9 Å². The number of hydrogen-bond acceptors (Lipinski definition) is 2. The summed E-state index contributed by atoms with van der Waals surface area (Å²) in [7, 11) is 1.95. The minimum atomic E-state index is 0.506. The van der Waals surface area contributed by atoms with Crippen molar-refractivity contribution in [3.05, 3.63) is 30.1 Å². The van der Waals surface area contributed by atoms with Crippen LogP contribution in [0.3, 0.4) is 0 Å². The van der Waals surface area contributed by atoms with Crippen LogP contribution < -0.4 is 10.6 Å². The van der Waals surface area contributed by atoms with Crippen LogP contribution in [-0.2, 0) is 13.5 Å².